The number of aliphatic carboxylic acids is 1. The Balaban J connectivity index is 2.63. The van der Waals surface area contributed by atoms with E-state index >= 15 is 0 Å². The molecule has 0 bridgehead atoms. The highest BCUT2D eigenvalue weighted by Gasteiger charge is 2.37. The lowest BCUT2D eigenvalue weighted by molar-refractivity contribution is -0.178. The van der Waals surface area contributed by atoms with Gasteiger partial charge in [-0.2, -0.15) is 0 Å². The largest absolute Gasteiger partial charge is 0.479 e. The monoisotopic (exact) mass is 228 g/mol. The molecule has 0 radical (unpaired) electrons. The van der Waals surface area contributed by atoms with Crippen molar-refractivity contribution in [3.05, 3.63) is 0 Å². The summed E-state index contributed by atoms with van der Waals surface area (Å²) in [7, 11) is 0. The Morgan fingerprint density at radius 3 is 2.56 bits per heavy atom. The van der Waals surface area contributed by atoms with E-state index in [1.807, 2.05) is 6.92 Å². The molecule has 0 aromatic carbocycles. The van der Waals surface area contributed by atoms with E-state index in [9.17, 15) is 9.90 Å². The maximum Gasteiger partial charge on any atom is 0.335 e. The third kappa shape index (κ3) is 3.21. The molecular formula is C13H24O3. The smallest absolute Gasteiger partial charge is 0.335 e. The van der Waals surface area contributed by atoms with Gasteiger partial charge in [-0.15, -0.1) is 0 Å². The van der Waals surface area contributed by atoms with Crippen molar-refractivity contribution in [2.45, 2.75) is 71.0 Å². The Morgan fingerprint density at radius 2 is 2.06 bits per heavy atom. The van der Waals surface area contributed by atoms with E-state index in [1.54, 1.807) is 6.92 Å². The lowest BCUT2D eigenvalue weighted by atomic mass is 9.87. The number of hydrogen-bond acceptors (Lipinski definition) is 2. The first-order valence-electron chi connectivity index (χ1n) is 6.41. The van der Waals surface area contributed by atoms with E-state index in [4.69, 9.17) is 4.74 Å². The molecule has 1 rings (SSSR count). The second kappa shape index (κ2) is 5.67. The van der Waals surface area contributed by atoms with Gasteiger partial charge in [-0.1, -0.05) is 33.1 Å². The zero-order chi connectivity index (χ0) is 12.2. The predicted molar refractivity (Wildman–Crippen MR) is 63.5 cm³/mol. The maximum atomic E-state index is 11.3. The average molecular weight is 228 g/mol. The molecule has 1 aliphatic rings. The molecule has 3 heteroatoms. The fourth-order valence-electron chi connectivity index (χ4n) is 2.48. The molecule has 3 nitrogen and oxygen atoms in total. The molecule has 0 saturated heterocycles. The van der Waals surface area contributed by atoms with Gasteiger partial charge >= 0.3 is 5.97 Å². The first kappa shape index (κ1) is 13.5. The predicted octanol–water partition coefficient (Wildman–Crippen LogP) is 3.23. The highest BCUT2D eigenvalue weighted by Crippen LogP contribution is 2.31. The molecule has 0 spiro atoms. The van der Waals surface area contributed by atoms with Gasteiger partial charge in [-0.05, 0) is 32.1 Å². The lowest BCUT2D eigenvalue weighted by Crippen LogP contribution is -2.44. The van der Waals surface area contributed by atoms with E-state index < -0.39 is 11.6 Å². The van der Waals surface area contributed by atoms with Crippen LogP contribution in [0.25, 0.3) is 0 Å². The van der Waals surface area contributed by atoms with Gasteiger partial charge in [0.15, 0.2) is 5.60 Å². The first-order chi connectivity index (χ1) is 7.49. The minimum absolute atomic E-state index is 0.126. The molecule has 0 aromatic rings. The van der Waals surface area contributed by atoms with Gasteiger partial charge < -0.3 is 9.84 Å². The van der Waals surface area contributed by atoms with Crippen LogP contribution in [0.5, 0.6) is 0 Å². The van der Waals surface area contributed by atoms with Crippen LogP contribution in [-0.2, 0) is 9.53 Å². The van der Waals surface area contributed by atoms with E-state index in [0.29, 0.717) is 12.3 Å². The number of rotatable bonds is 5. The van der Waals surface area contributed by atoms with Crippen LogP contribution in [0.3, 0.4) is 0 Å². The summed E-state index contributed by atoms with van der Waals surface area (Å²) in [5.41, 5.74) is -0.995. The molecule has 1 aliphatic carbocycles. The van der Waals surface area contributed by atoms with E-state index in [0.717, 1.165) is 25.7 Å². The van der Waals surface area contributed by atoms with Crippen LogP contribution in [-0.4, -0.2) is 22.8 Å². The summed E-state index contributed by atoms with van der Waals surface area (Å²) in [6.45, 7) is 5.87. The zero-order valence-electron chi connectivity index (χ0n) is 10.7. The van der Waals surface area contributed by atoms with Crippen molar-refractivity contribution < 1.29 is 14.6 Å². The molecule has 3 atom stereocenters. The van der Waals surface area contributed by atoms with Crippen LogP contribution in [0.1, 0.15) is 59.3 Å². The minimum atomic E-state index is -0.995. The normalized spacial score (nSPS) is 29.7. The molecule has 16 heavy (non-hydrogen) atoms. The van der Waals surface area contributed by atoms with Gasteiger partial charge in [0.2, 0.25) is 0 Å². The molecular weight excluding hydrogens is 204 g/mol. The first-order valence-corrected chi connectivity index (χ1v) is 6.41. The van der Waals surface area contributed by atoms with Crippen molar-refractivity contribution in [1.29, 1.82) is 0 Å². The van der Waals surface area contributed by atoms with Crippen molar-refractivity contribution in [2.24, 2.45) is 5.92 Å². The SMILES string of the molecule is CCCC(C)(OC1CCCCC1C)C(=O)O. The number of ether oxygens (including phenoxy) is 1. The van der Waals surface area contributed by atoms with Gasteiger partial charge in [0.05, 0.1) is 6.10 Å². The Hall–Kier alpha value is -0.570. The van der Waals surface area contributed by atoms with Gasteiger partial charge in [-0.3, -0.25) is 0 Å². The summed E-state index contributed by atoms with van der Waals surface area (Å²) in [5, 5.41) is 9.26. The molecule has 0 amide bonds. The Labute approximate surface area is 98.2 Å². The van der Waals surface area contributed by atoms with E-state index in [2.05, 4.69) is 6.92 Å². The third-order valence-electron chi connectivity index (χ3n) is 3.62. The van der Waals surface area contributed by atoms with E-state index in [-0.39, 0.29) is 6.10 Å². The highest BCUT2D eigenvalue weighted by atomic mass is 16.5. The van der Waals surface area contributed by atoms with Crippen LogP contribution >= 0.6 is 0 Å². The van der Waals surface area contributed by atoms with Gasteiger partial charge in [-0.25, -0.2) is 4.79 Å². The number of carbonyl (C=O) groups is 1. The van der Waals surface area contributed by atoms with Crippen LogP contribution < -0.4 is 0 Å². The van der Waals surface area contributed by atoms with Crippen LogP contribution in [0.2, 0.25) is 0 Å². The molecule has 0 heterocycles. The number of hydrogen-bond donors (Lipinski definition) is 1. The summed E-state index contributed by atoms with van der Waals surface area (Å²) >= 11 is 0. The second-order valence-electron chi connectivity index (χ2n) is 5.20. The zero-order valence-corrected chi connectivity index (χ0v) is 10.7. The molecule has 3 unspecified atom stereocenters. The Bertz CT molecular complexity index is 239. The Morgan fingerprint density at radius 1 is 1.44 bits per heavy atom. The summed E-state index contributed by atoms with van der Waals surface area (Å²) < 4.78 is 5.89. The molecule has 94 valence electrons. The van der Waals surface area contributed by atoms with Crippen molar-refractivity contribution in [3.8, 4) is 0 Å². The van der Waals surface area contributed by atoms with Crippen molar-refractivity contribution in [2.75, 3.05) is 0 Å². The van der Waals surface area contributed by atoms with Crippen LogP contribution in [0, 0.1) is 5.92 Å². The maximum absolute atomic E-state index is 11.3. The van der Waals surface area contributed by atoms with Gasteiger partial charge in [0, 0.05) is 0 Å². The summed E-state index contributed by atoms with van der Waals surface area (Å²) in [4.78, 5) is 11.3. The minimum Gasteiger partial charge on any atom is -0.479 e. The molecule has 0 aromatic heterocycles. The average Bonchev–Trinajstić information content (AvgIpc) is 2.21. The number of carboxylic acid groups (broad SMARTS) is 1. The molecule has 1 fully saturated rings. The van der Waals surface area contributed by atoms with Crippen molar-refractivity contribution >= 4 is 5.97 Å². The van der Waals surface area contributed by atoms with Crippen LogP contribution in [0.4, 0.5) is 0 Å². The van der Waals surface area contributed by atoms with Crippen LogP contribution in [0.15, 0.2) is 0 Å². The van der Waals surface area contributed by atoms with Crippen molar-refractivity contribution in [1.82, 2.24) is 0 Å². The Kier molecular flexibility index (Phi) is 4.78. The lowest BCUT2D eigenvalue weighted by Gasteiger charge is -2.36. The molecule has 0 aliphatic heterocycles. The molecule has 1 N–H and O–H groups in total. The standard InChI is InChI=1S/C13H24O3/c1-4-9-13(3,12(14)15)16-11-8-6-5-7-10(11)2/h10-11H,4-9H2,1-3H3,(H,14,15). The number of carboxylic acids is 1. The highest BCUT2D eigenvalue weighted by molar-refractivity contribution is 5.76. The second-order valence-corrected chi connectivity index (χ2v) is 5.20. The van der Waals surface area contributed by atoms with Gasteiger partial charge in [0.1, 0.15) is 0 Å². The van der Waals surface area contributed by atoms with E-state index in [1.165, 1.54) is 6.42 Å². The summed E-state index contributed by atoms with van der Waals surface area (Å²) in [6.07, 6.45) is 6.13. The summed E-state index contributed by atoms with van der Waals surface area (Å²) in [6, 6.07) is 0. The fourth-order valence-corrected chi connectivity index (χ4v) is 2.48. The topological polar surface area (TPSA) is 46.5 Å². The van der Waals surface area contributed by atoms with Gasteiger partial charge in [0.25, 0.3) is 0 Å². The fraction of sp³-hybridized carbons (Fsp3) is 0.923. The molecule has 1 saturated carbocycles. The van der Waals surface area contributed by atoms with Crippen molar-refractivity contribution in [3.63, 3.8) is 0 Å². The quantitative estimate of drug-likeness (QED) is 0.785. The third-order valence-corrected chi connectivity index (χ3v) is 3.62. The summed E-state index contributed by atoms with van der Waals surface area (Å²) in [5.74, 6) is -0.337.